The van der Waals surface area contributed by atoms with Gasteiger partial charge in [-0.1, -0.05) is 41.3 Å². The van der Waals surface area contributed by atoms with E-state index in [1.54, 1.807) is 11.3 Å². The number of thioether (sulfide) groups is 1. The van der Waals surface area contributed by atoms with Crippen LogP contribution in [0.4, 0.5) is 10.8 Å². The number of fused-ring (bicyclic) bond motifs is 3. The Balaban J connectivity index is 1.32. The van der Waals surface area contributed by atoms with Gasteiger partial charge in [0.05, 0.1) is 11.1 Å². The van der Waals surface area contributed by atoms with Crippen molar-refractivity contribution < 1.29 is 0 Å². The minimum atomic E-state index is -0.0100. The number of nitrogens with one attached hydrogen (secondary N) is 2. The number of aryl methyl sites for hydroxylation is 3. The fraction of sp³-hybridized carbons (Fsp3) is 0.300. The number of H-pyrrole nitrogens is 1. The Bertz CT molecular complexity index is 1240. The third kappa shape index (κ3) is 3.82. The summed E-state index contributed by atoms with van der Waals surface area (Å²) in [6, 6.07) is 8.08. The predicted octanol–water partition coefficient (Wildman–Crippen LogP) is 5.06. The number of para-hydroxylation sites is 1. The van der Waals surface area contributed by atoms with Gasteiger partial charge in [0, 0.05) is 10.6 Å². The van der Waals surface area contributed by atoms with Crippen molar-refractivity contribution in [3.05, 3.63) is 56.4 Å². The van der Waals surface area contributed by atoms with Crippen LogP contribution in [0, 0.1) is 6.92 Å². The Kier molecular flexibility index (Phi) is 5.11. The summed E-state index contributed by atoms with van der Waals surface area (Å²) in [5.74, 6) is 1.25. The maximum Gasteiger partial charge on any atom is 0.259 e. The van der Waals surface area contributed by atoms with Crippen LogP contribution in [-0.2, 0) is 18.6 Å². The fourth-order valence-electron chi connectivity index (χ4n) is 3.55. The molecule has 1 aromatic carbocycles. The molecule has 0 fully saturated rings. The highest BCUT2D eigenvalue weighted by molar-refractivity contribution is 8.00. The van der Waals surface area contributed by atoms with Crippen molar-refractivity contribution in [2.45, 2.75) is 42.7 Å². The summed E-state index contributed by atoms with van der Waals surface area (Å²) in [6.45, 7) is 2.06. The molecule has 148 valence electrons. The van der Waals surface area contributed by atoms with Crippen molar-refractivity contribution in [1.82, 2.24) is 20.2 Å². The van der Waals surface area contributed by atoms with E-state index in [1.807, 2.05) is 18.2 Å². The molecule has 4 aromatic rings. The second-order valence-corrected chi connectivity index (χ2v) is 10.3. The first-order valence-electron chi connectivity index (χ1n) is 9.50. The number of hydrogen-bond donors (Lipinski definition) is 2. The number of benzene rings is 1. The summed E-state index contributed by atoms with van der Waals surface area (Å²) in [4.78, 5) is 22.6. The Morgan fingerprint density at radius 3 is 2.93 bits per heavy atom. The van der Waals surface area contributed by atoms with Gasteiger partial charge in [-0.05, 0) is 49.8 Å². The van der Waals surface area contributed by atoms with E-state index in [9.17, 15) is 4.79 Å². The molecule has 6 nitrogen and oxygen atoms in total. The van der Waals surface area contributed by atoms with Crippen molar-refractivity contribution in [1.29, 1.82) is 0 Å². The lowest BCUT2D eigenvalue weighted by Crippen LogP contribution is -2.12. The number of aromatic amines is 1. The standard InChI is InChI=1S/C20H19N5OS3/c1-11-6-2-4-8-13(11)21-19-24-25-20(29-19)27-10-15-22-17(26)16-12-7-3-5-9-14(12)28-18(16)23-15/h2,4,6,8H,3,5,7,9-10H2,1H3,(H,21,24)(H,22,23,26). The molecule has 1 aliphatic carbocycles. The number of anilines is 2. The zero-order chi connectivity index (χ0) is 19.8. The van der Waals surface area contributed by atoms with Crippen molar-refractivity contribution in [2.24, 2.45) is 0 Å². The van der Waals surface area contributed by atoms with Gasteiger partial charge >= 0.3 is 0 Å². The highest BCUT2D eigenvalue weighted by atomic mass is 32.2. The maximum absolute atomic E-state index is 12.6. The van der Waals surface area contributed by atoms with E-state index in [0.29, 0.717) is 11.6 Å². The lowest BCUT2D eigenvalue weighted by Gasteiger charge is -2.09. The topological polar surface area (TPSA) is 83.6 Å². The summed E-state index contributed by atoms with van der Waals surface area (Å²) < 4.78 is 0.842. The minimum Gasteiger partial charge on any atom is -0.330 e. The number of thiophene rings is 1. The lowest BCUT2D eigenvalue weighted by molar-refractivity contribution is 0.700. The number of hydrogen-bond acceptors (Lipinski definition) is 8. The minimum absolute atomic E-state index is 0.0100. The molecule has 9 heteroatoms. The first-order chi connectivity index (χ1) is 14.2. The van der Waals surface area contributed by atoms with Gasteiger partial charge in [0.15, 0.2) is 4.34 Å². The van der Waals surface area contributed by atoms with Gasteiger partial charge < -0.3 is 10.3 Å². The van der Waals surface area contributed by atoms with Crippen LogP contribution >= 0.6 is 34.4 Å². The third-order valence-electron chi connectivity index (χ3n) is 5.00. The molecule has 0 amide bonds. The van der Waals surface area contributed by atoms with E-state index in [-0.39, 0.29) is 5.56 Å². The molecule has 3 heterocycles. The Morgan fingerprint density at radius 2 is 2.03 bits per heavy atom. The number of rotatable bonds is 5. The molecule has 0 atom stereocenters. The average Bonchev–Trinajstić information content (AvgIpc) is 3.32. The van der Waals surface area contributed by atoms with Gasteiger partial charge in [-0.3, -0.25) is 4.79 Å². The second-order valence-electron chi connectivity index (χ2n) is 7.01. The van der Waals surface area contributed by atoms with Crippen molar-refractivity contribution in [2.75, 3.05) is 5.32 Å². The van der Waals surface area contributed by atoms with E-state index >= 15 is 0 Å². The van der Waals surface area contributed by atoms with E-state index in [1.165, 1.54) is 40.0 Å². The zero-order valence-electron chi connectivity index (χ0n) is 15.8. The maximum atomic E-state index is 12.6. The zero-order valence-corrected chi connectivity index (χ0v) is 18.3. The normalized spacial score (nSPS) is 13.6. The van der Waals surface area contributed by atoms with Crippen molar-refractivity contribution in [3.63, 3.8) is 0 Å². The van der Waals surface area contributed by atoms with Crippen molar-refractivity contribution in [3.8, 4) is 0 Å². The monoisotopic (exact) mass is 441 g/mol. The van der Waals surface area contributed by atoms with Gasteiger partial charge in [0.2, 0.25) is 5.13 Å². The van der Waals surface area contributed by atoms with E-state index in [4.69, 9.17) is 4.98 Å². The molecule has 0 saturated heterocycles. The van der Waals surface area contributed by atoms with Crippen LogP contribution in [0.3, 0.4) is 0 Å². The van der Waals surface area contributed by atoms with Crippen LogP contribution in [0.25, 0.3) is 10.2 Å². The molecule has 0 radical (unpaired) electrons. The van der Waals surface area contributed by atoms with Gasteiger partial charge in [-0.15, -0.1) is 21.5 Å². The van der Waals surface area contributed by atoms with Crippen LogP contribution in [0.1, 0.15) is 34.7 Å². The molecule has 0 saturated carbocycles. The summed E-state index contributed by atoms with van der Waals surface area (Å²) >= 11 is 4.72. The van der Waals surface area contributed by atoms with Crippen LogP contribution < -0.4 is 10.9 Å². The first-order valence-corrected chi connectivity index (χ1v) is 12.1. The van der Waals surface area contributed by atoms with Gasteiger partial charge in [0.25, 0.3) is 5.56 Å². The Morgan fingerprint density at radius 1 is 1.17 bits per heavy atom. The predicted molar refractivity (Wildman–Crippen MR) is 121 cm³/mol. The summed E-state index contributed by atoms with van der Waals surface area (Å²) in [5, 5.41) is 13.3. The molecule has 1 aliphatic rings. The van der Waals surface area contributed by atoms with E-state index in [0.717, 1.165) is 50.2 Å². The summed E-state index contributed by atoms with van der Waals surface area (Å²) in [5.41, 5.74) is 3.40. The largest absolute Gasteiger partial charge is 0.330 e. The molecule has 3 aromatic heterocycles. The van der Waals surface area contributed by atoms with Crippen LogP contribution in [0.15, 0.2) is 33.4 Å². The SMILES string of the molecule is Cc1ccccc1Nc1nnc(SCc2nc3sc4c(c3c(=O)[nH]2)CCCC4)s1. The smallest absolute Gasteiger partial charge is 0.259 e. The molecular formula is C20H19N5OS3. The van der Waals surface area contributed by atoms with Gasteiger partial charge in [-0.25, -0.2) is 4.98 Å². The Labute approximate surface area is 179 Å². The average molecular weight is 442 g/mol. The van der Waals surface area contributed by atoms with Crippen LogP contribution in [0.5, 0.6) is 0 Å². The number of aromatic nitrogens is 4. The summed E-state index contributed by atoms with van der Waals surface area (Å²) in [6.07, 6.45) is 4.43. The molecule has 0 aliphatic heterocycles. The van der Waals surface area contributed by atoms with Crippen LogP contribution in [0.2, 0.25) is 0 Å². The highest BCUT2D eigenvalue weighted by Gasteiger charge is 2.20. The molecule has 0 unspecified atom stereocenters. The molecular weight excluding hydrogens is 422 g/mol. The lowest BCUT2D eigenvalue weighted by atomic mass is 9.97. The fourth-order valence-corrected chi connectivity index (χ4v) is 6.47. The van der Waals surface area contributed by atoms with Crippen molar-refractivity contribution >= 4 is 55.5 Å². The van der Waals surface area contributed by atoms with Gasteiger partial charge in [0.1, 0.15) is 10.7 Å². The van der Waals surface area contributed by atoms with Gasteiger partial charge in [-0.2, -0.15) is 0 Å². The molecule has 0 bridgehead atoms. The van der Waals surface area contributed by atoms with Crippen LogP contribution in [-0.4, -0.2) is 20.2 Å². The number of nitrogens with zero attached hydrogens (tertiary/aromatic N) is 3. The first kappa shape index (κ1) is 18.8. The van der Waals surface area contributed by atoms with E-state index in [2.05, 4.69) is 33.5 Å². The summed E-state index contributed by atoms with van der Waals surface area (Å²) in [7, 11) is 0. The molecule has 0 spiro atoms. The molecule has 5 rings (SSSR count). The third-order valence-corrected chi connectivity index (χ3v) is 8.17. The molecule has 29 heavy (non-hydrogen) atoms. The Hall–Kier alpha value is -2.23. The van der Waals surface area contributed by atoms with E-state index < -0.39 is 0 Å². The quantitative estimate of drug-likeness (QED) is 0.421. The molecule has 2 N–H and O–H groups in total. The second kappa shape index (κ2) is 7.89. The highest BCUT2D eigenvalue weighted by Crippen LogP contribution is 2.34.